The van der Waals surface area contributed by atoms with E-state index in [2.05, 4.69) is 23.6 Å². The Morgan fingerprint density at radius 1 is 1.19 bits per heavy atom. The Balaban J connectivity index is 1.94. The van der Waals surface area contributed by atoms with Gasteiger partial charge in [0.2, 0.25) is 0 Å². The Labute approximate surface area is 135 Å². The third kappa shape index (κ3) is 2.88. The Hall–Kier alpha value is -0.510. The zero-order valence-corrected chi connectivity index (χ0v) is 14.0. The van der Waals surface area contributed by atoms with Gasteiger partial charge >= 0.3 is 0 Å². The van der Waals surface area contributed by atoms with Gasteiger partial charge in [-0.3, -0.25) is 4.90 Å². The molecule has 2 aliphatic heterocycles. The summed E-state index contributed by atoms with van der Waals surface area (Å²) in [6.07, 6.45) is 2.51. The average molecular weight is 331 g/mol. The van der Waals surface area contributed by atoms with Crippen LogP contribution in [-0.4, -0.2) is 36.6 Å². The summed E-state index contributed by atoms with van der Waals surface area (Å²) >= 11 is 12.0. The van der Waals surface area contributed by atoms with E-state index in [-0.39, 0.29) is 10.0 Å². The van der Waals surface area contributed by atoms with Crippen LogP contribution in [0.2, 0.25) is 10.0 Å². The lowest BCUT2D eigenvalue weighted by atomic mass is 9.96. The number of hydrogen-bond acceptors (Lipinski definition) is 2. The molecule has 0 aromatic heterocycles. The molecule has 3 rings (SSSR count). The molecule has 2 nitrogen and oxygen atoms in total. The van der Waals surface area contributed by atoms with Crippen molar-refractivity contribution < 1.29 is 4.39 Å². The summed E-state index contributed by atoms with van der Waals surface area (Å²) in [5.74, 6) is -0.00293. The van der Waals surface area contributed by atoms with Crippen molar-refractivity contribution in [2.45, 2.75) is 38.8 Å². The molecule has 2 fully saturated rings. The van der Waals surface area contributed by atoms with Crippen LogP contribution in [0.1, 0.15) is 26.7 Å². The lowest BCUT2D eigenvalue weighted by Gasteiger charge is -2.47. The number of fused-ring (bicyclic) bond motifs is 1. The maximum absolute atomic E-state index is 13.7. The number of piperazine rings is 1. The molecule has 0 spiro atoms. The quantitative estimate of drug-likeness (QED) is 0.739. The van der Waals surface area contributed by atoms with Gasteiger partial charge in [0, 0.05) is 30.9 Å². The van der Waals surface area contributed by atoms with Crippen molar-refractivity contribution in [3.63, 3.8) is 0 Å². The van der Waals surface area contributed by atoms with E-state index in [0.29, 0.717) is 18.0 Å². The zero-order valence-electron chi connectivity index (χ0n) is 12.5. The van der Waals surface area contributed by atoms with Gasteiger partial charge in [-0.1, -0.05) is 37.0 Å². The number of rotatable bonds is 2. The normalized spacial score (nSPS) is 26.5. The molecule has 0 aliphatic carbocycles. The van der Waals surface area contributed by atoms with Gasteiger partial charge < -0.3 is 4.90 Å². The van der Waals surface area contributed by atoms with Crippen molar-refractivity contribution in [3.05, 3.63) is 28.0 Å². The van der Waals surface area contributed by atoms with Gasteiger partial charge in [-0.2, -0.15) is 0 Å². The molecule has 1 aromatic carbocycles. The largest absolute Gasteiger partial charge is 0.365 e. The van der Waals surface area contributed by atoms with Crippen LogP contribution >= 0.6 is 23.2 Å². The summed E-state index contributed by atoms with van der Waals surface area (Å²) in [5.41, 5.74) is 0.941. The molecule has 0 saturated carbocycles. The Kier molecular flexibility index (Phi) is 4.35. The van der Waals surface area contributed by atoms with Crippen LogP contribution in [0.3, 0.4) is 0 Å². The van der Waals surface area contributed by atoms with Crippen molar-refractivity contribution in [2.75, 3.05) is 24.5 Å². The van der Waals surface area contributed by atoms with Gasteiger partial charge in [0.15, 0.2) is 5.82 Å². The van der Waals surface area contributed by atoms with E-state index in [1.807, 2.05) is 0 Å². The second kappa shape index (κ2) is 5.94. The van der Waals surface area contributed by atoms with E-state index in [1.54, 1.807) is 12.1 Å². The molecule has 2 saturated heterocycles. The van der Waals surface area contributed by atoms with E-state index in [0.717, 1.165) is 18.8 Å². The SMILES string of the molecule is CC(C)C1CN2CCCC2CN1c1cc(Cl)c(F)c(Cl)c1. The fraction of sp³-hybridized carbons (Fsp3) is 0.625. The van der Waals surface area contributed by atoms with Gasteiger partial charge in [0.25, 0.3) is 0 Å². The lowest BCUT2D eigenvalue weighted by molar-refractivity contribution is 0.176. The molecule has 0 amide bonds. The second-order valence-corrected chi connectivity index (χ2v) is 7.29. The van der Waals surface area contributed by atoms with Crippen LogP contribution in [0.25, 0.3) is 0 Å². The van der Waals surface area contributed by atoms with Crippen LogP contribution in [-0.2, 0) is 0 Å². The smallest absolute Gasteiger partial charge is 0.160 e. The van der Waals surface area contributed by atoms with Crippen molar-refractivity contribution in [1.29, 1.82) is 0 Å². The first-order chi connectivity index (χ1) is 9.97. The first-order valence-corrected chi connectivity index (χ1v) is 8.38. The molecular weight excluding hydrogens is 310 g/mol. The molecule has 0 radical (unpaired) electrons. The number of nitrogens with zero attached hydrogens (tertiary/aromatic N) is 2. The molecule has 116 valence electrons. The van der Waals surface area contributed by atoms with E-state index in [1.165, 1.54) is 19.4 Å². The Bertz CT molecular complexity index is 512. The Morgan fingerprint density at radius 3 is 2.48 bits per heavy atom. The summed E-state index contributed by atoms with van der Waals surface area (Å²) in [5, 5.41) is 0.211. The van der Waals surface area contributed by atoms with E-state index >= 15 is 0 Å². The first kappa shape index (κ1) is 15.4. The van der Waals surface area contributed by atoms with Crippen molar-refractivity contribution in [1.82, 2.24) is 4.90 Å². The highest BCUT2D eigenvalue weighted by Crippen LogP contribution is 2.35. The topological polar surface area (TPSA) is 6.48 Å². The lowest BCUT2D eigenvalue weighted by Crippen LogP contribution is -2.58. The summed E-state index contributed by atoms with van der Waals surface area (Å²) in [4.78, 5) is 4.96. The summed E-state index contributed by atoms with van der Waals surface area (Å²) in [6, 6.07) is 4.44. The number of anilines is 1. The third-order valence-corrected chi connectivity index (χ3v) is 5.35. The highest BCUT2D eigenvalue weighted by molar-refractivity contribution is 6.35. The van der Waals surface area contributed by atoms with Gasteiger partial charge in [0.05, 0.1) is 10.0 Å². The minimum atomic E-state index is -0.525. The minimum Gasteiger partial charge on any atom is -0.365 e. The summed E-state index contributed by atoms with van der Waals surface area (Å²) < 4.78 is 13.7. The maximum atomic E-state index is 13.7. The highest BCUT2D eigenvalue weighted by Gasteiger charge is 2.37. The standard InChI is InChI=1S/C16H21Cl2FN2/c1-10(2)15-9-20-5-3-4-11(20)8-21(15)12-6-13(17)16(19)14(18)7-12/h6-7,10-11,15H,3-5,8-9H2,1-2H3. The monoisotopic (exact) mass is 330 g/mol. The fourth-order valence-corrected chi connectivity index (χ4v) is 4.09. The van der Waals surface area contributed by atoms with Crippen molar-refractivity contribution in [3.8, 4) is 0 Å². The van der Waals surface area contributed by atoms with Gasteiger partial charge in [-0.05, 0) is 37.4 Å². The number of hydrogen-bond donors (Lipinski definition) is 0. The molecule has 2 unspecified atom stereocenters. The fourth-order valence-electron chi connectivity index (χ4n) is 3.62. The number of halogens is 3. The van der Waals surface area contributed by atoms with Gasteiger partial charge in [-0.15, -0.1) is 0 Å². The van der Waals surface area contributed by atoms with Crippen LogP contribution in [0.4, 0.5) is 10.1 Å². The van der Waals surface area contributed by atoms with Crippen molar-refractivity contribution >= 4 is 28.9 Å². The van der Waals surface area contributed by atoms with Crippen molar-refractivity contribution in [2.24, 2.45) is 5.92 Å². The highest BCUT2D eigenvalue weighted by atomic mass is 35.5. The average Bonchev–Trinajstić information content (AvgIpc) is 2.90. The van der Waals surface area contributed by atoms with Crippen LogP contribution in [0.15, 0.2) is 12.1 Å². The van der Waals surface area contributed by atoms with Crippen LogP contribution < -0.4 is 4.90 Å². The third-order valence-electron chi connectivity index (χ3n) is 4.80. The molecular formula is C16H21Cl2FN2. The molecule has 2 aliphatic rings. The van der Waals surface area contributed by atoms with E-state index < -0.39 is 5.82 Å². The van der Waals surface area contributed by atoms with Gasteiger partial charge in [-0.25, -0.2) is 4.39 Å². The summed E-state index contributed by atoms with van der Waals surface area (Å²) in [7, 11) is 0. The molecule has 1 aromatic rings. The summed E-state index contributed by atoms with van der Waals surface area (Å²) in [6.45, 7) is 7.71. The predicted molar refractivity (Wildman–Crippen MR) is 87.0 cm³/mol. The Morgan fingerprint density at radius 2 is 1.86 bits per heavy atom. The predicted octanol–water partition coefficient (Wildman–Crippen LogP) is 4.44. The molecule has 5 heteroatoms. The van der Waals surface area contributed by atoms with Crippen LogP contribution in [0, 0.1) is 11.7 Å². The number of benzene rings is 1. The molecule has 21 heavy (non-hydrogen) atoms. The van der Waals surface area contributed by atoms with Crippen LogP contribution in [0.5, 0.6) is 0 Å². The molecule has 0 bridgehead atoms. The first-order valence-electron chi connectivity index (χ1n) is 7.62. The van der Waals surface area contributed by atoms with Gasteiger partial charge in [0.1, 0.15) is 0 Å². The van der Waals surface area contributed by atoms with E-state index in [9.17, 15) is 4.39 Å². The second-order valence-electron chi connectivity index (χ2n) is 6.48. The zero-order chi connectivity index (χ0) is 15.1. The van der Waals surface area contributed by atoms with E-state index in [4.69, 9.17) is 23.2 Å². The minimum absolute atomic E-state index is 0.105. The molecule has 0 N–H and O–H groups in total. The molecule has 2 atom stereocenters. The molecule has 2 heterocycles. The maximum Gasteiger partial charge on any atom is 0.160 e.